The third-order valence-corrected chi connectivity index (χ3v) is 3.75. The molecule has 0 bridgehead atoms. The number of benzene rings is 1. The first-order valence-electron chi connectivity index (χ1n) is 6.90. The van der Waals surface area contributed by atoms with Crippen LogP contribution in [0.3, 0.4) is 0 Å². The van der Waals surface area contributed by atoms with Crippen LogP contribution >= 0.6 is 11.6 Å². The van der Waals surface area contributed by atoms with Crippen LogP contribution in [0.4, 0.5) is 5.69 Å². The van der Waals surface area contributed by atoms with Crippen LogP contribution in [0.25, 0.3) is 0 Å². The molecule has 0 heterocycles. The van der Waals surface area contributed by atoms with Crippen molar-refractivity contribution in [3.05, 3.63) is 28.8 Å². The van der Waals surface area contributed by atoms with Crippen LogP contribution < -0.4 is 10.2 Å². The predicted octanol–water partition coefficient (Wildman–Crippen LogP) is 3.83. The van der Waals surface area contributed by atoms with Crippen molar-refractivity contribution in [2.75, 3.05) is 11.4 Å². The molecule has 3 heteroatoms. The molecule has 1 aliphatic rings. The average Bonchev–Trinajstić information content (AvgIpc) is 3.13. The lowest BCUT2D eigenvalue weighted by Gasteiger charge is -2.23. The second kappa shape index (κ2) is 5.94. The second-order valence-corrected chi connectivity index (χ2v) is 5.74. The van der Waals surface area contributed by atoms with Crippen molar-refractivity contribution < 1.29 is 0 Å². The highest BCUT2D eigenvalue weighted by atomic mass is 35.5. The summed E-state index contributed by atoms with van der Waals surface area (Å²) in [5.41, 5.74) is 2.44. The van der Waals surface area contributed by atoms with E-state index in [1.54, 1.807) is 0 Å². The molecule has 0 atom stereocenters. The maximum absolute atomic E-state index is 6.37. The molecule has 0 aromatic heterocycles. The van der Waals surface area contributed by atoms with Gasteiger partial charge in [-0.25, -0.2) is 0 Å². The highest BCUT2D eigenvalue weighted by Gasteiger charge is 2.28. The summed E-state index contributed by atoms with van der Waals surface area (Å²) in [5.74, 6) is 0. The van der Waals surface area contributed by atoms with Crippen LogP contribution in [0, 0.1) is 0 Å². The molecular weight excluding hydrogens is 244 g/mol. The van der Waals surface area contributed by atoms with E-state index in [-0.39, 0.29) is 0 Å². The van der Waals surface area contributed by atoms with Crippen molar-refractivity contribution in [2.45, 2.75) is 52.2 Å². The van der Waals surface area contributed by atoms with Gasteiger partial charge >= 0.3 is 0 Å². The summed E-state index contributed by atoms with van der Waals surface area (Å²) < 4.78 is 0. The lowest BCUT2D eigenvalue weighted by Crippen LogP contribution is -2.25. The van der Waals surface area contributed by atoms with Crippen molar-refractivity contribution in [3.63, 3.8) is 0 Å². The molecule has 0 aliphatic heterocycles. The molecule has 2 rings (SSSR count). The first kappa shape index (κ1) is 13.7. The van der Waals surface area contributed by atoms with E-state index in [4.69, 9.17) is 11.6 Å². The Balaban J connectivity index is 2.08. The zero-order valence-electron chi connectivity index (χ0n) is 11.5. The lowest BCUT2D eigenvalue weighted by atomic mass is 10.1. The Bertz CT molecular complexity index is 399. The number of hydrogen-bond acceptors (Lipinski definition) is 2. The Labute approximate surface area is 115 Å². The highest BCUT2D eigenvalue weighted by molar-refractivity contribution is 6.31. The second-order valence-electron chi connectivity index (χ2n) is 5.33. The largest absolute Gasteiger partial charge is 0.369 e. The Hall–Kier alpha value is -0.730. The van der Waals surface area contributed by atoms with Crippen LogP contribution in [0.15, 0.2) is 18.2 Å². The minimum atomic E-state index is 0.486. The van der Waals surface area contributed by atoms with E-state index in [0.29, 0.717) is 6.04 Å². The molecule has 0 saturated heterocycles. The zero-order chi connectivity index (χ0) is 13.1. The molecule has 1 aromatic rings. The summed E-state index contributed by atoms with van der Waals surface area (Å²) in [6.45, 7) is 8.40. The minimum absolute atomic E-state index is 0.486. The highest BCUT2D eigenvalue weighted by Crippen LogP contribution is 2.33. The predicted molar refractivity (Wildman–Crippen MR) is 79.5 cm³/mol. The zero-order valence-corrected chi connectivity index (χ0v) is 12.3. The summed E-state index contributed by atoms with van der Waals surface area (Å²) in [6, 6.07) is 7.69. The first-order chi connectivity index (χ1) is 8.61. The van der Waals surface area contributed by atoms with Crippen LogP contribution in [-0.4, -0.2) is 18.6 Å². The molecule has 100 valence electrons. The monoisotopic (exact) mass is 266 g/mol. The number of anilines is 1. The third kappa shape index (κ3) is 3.39. The van der Waals surface area contributed by atoms with E-state index >= 15 is 0 Å². The van der Waals surface area contributed by atoms with Crippen LogP contribution in [0.1, 0.15) is 39.2 Å². The van der Waals surface area contributed by atoms with Gasteiger partial charge in [-0.05, 0) is 37.5 Å². The average molecular weight is 267 g/mol. The molecule has 0 amide bonds. The van der Waals surface area contributed by atoms with Gasteiger partial charge in [0.15, 0.2) is 0 Å². The standard InChI is InChI=1S/C15H23ClN2/c1-4-18(13-7-8-13)14-6-5-12(15(16)9-14)10-17-11(2)3/h5-6,9,11,13,17H,4,7-8,10H2,1-3H3. The number of nitrogens with zero attached hydrogens (tertiary/aromatic N) is 1. The molecule has 0 radical (unpaired) electrons. The Morgan fingerprint density at radius 2 is 2.11 bits per heavy atom. The molecule has 1 aliphatic carbocycles. The molecule has 0 unspecified atom stereocenters. The van der Waals surface area contributed by atoms with Gasteiger partial charge in [0, 0.05) is 35.9 Å². The number of nitrogens with one attached hydrogen (secondary N) is 1. The summed E-state index contributed by atoms with van der Waals surface area (Å²) in [5, 5.41) is 4.28. The van der Waals surface area contributed by atoms with Gasteiger partial charge in [-0.15, -0.1) is 0 Å². The fraction of sp³-hybridized carbons (Fsp3) is 0.600. The van der Waals surface area contributed by atoms with Gasteiger partial charge in [0.25, 0.3) is 0 Å². The van der Waals surface area contributed by atoms with Crippen molar-refractivity contribution in [1.29, 1.82) is 0 Å². The number of hydrogen-bond donors (Lipinski definition) is 1. The van der Waals surface area contributed by atoms with E-state index in [2.05, 4.69) is 49.2 Å². The molecular formula is C15H23ClN2. The SMILES string of the molecule is CCN(c1ccc(CNC(C)C)c(Cl)c1)C1CC1. The van der Waals surface area contributed by atoms with Crippen molar-refractivity contribution in [3.8, 4) is 0 Å². The third-order valence-electron chi connectivity index (χ3n) is 3.40. The van der Waals surface area contributed by atoms with Crippen molar-refractivity contribution in [2.24, 2.45) is 0 Å². The molecule has 18 heavy (non-hydrogen) atoms. The lowest BCUT2D eigenvalue weighted by molar-refractivity contribution is 0.589. The van der Waals surface area contributed by atoms with Crippen LogP contribution in [-0.2, 0) is 6.54 Å². The smallest absolute Gasteiger partial charge is 0.0471 e. The Morgan fingerprint density at radius 1 is 1.39 bits per heavy atom. The van der Waals surface area contributed by atoms with E-state index in [1.807, 2.05) is 0 Å². The fourth-order valence-electron chi connectivity index (χ4n) is 2.21. The summed E-state index contributed by atoms with van der Waals surface area (Å²) >= 11 is 6.37. The summed E-state index contributed by atoms with van der Waals surface area (Å²) in [7, 11) is 0. The normalized spacial score (nSPS) is 15.2. The molecule has 1 fully saturated rings. The number of halogens is 1. The quantitative estimate of drug-likeness (QED) is 0.842. The minimum Gasteiger partial charge on any atom is -0.369 e. The van der Waals surface area contributed by atoms with Gasteiger partial charge in [0.05, 0.1) is 0 Å². The van der Waals surface area contributed by atoms with Crippen molar-refractivity contribution in [1.82, 2.24) is 5.32 Å². The van der Waals surface area contributed by atoms with E-state index in [9.17, 15) is 0 Å². The Kier molecular flexibility index (Phi) is 4.52. The van der Waals surface area contributed by atoms with Gasteiger partial charge in [-0.2, -0.15) is 0 Å². The summed E-state index contributed by atoms with van der Waals surface area (Å²) in [6.07, 6.45) is 2.64. The van der Waals surface area contributed by atoms with E-state index < -0.39 is 0 Å². The van der Waals surface area contributed by atoms with Crippen LogP contribution in [0.2, 0.25) is 5.02 Å². The number of rotatable bonds is 6. The first-order valence-corrected chi connectivity index (χ1v) is 7.28. The Morgan fingerprint density at radius 3 is 2.61 bits per heavy atom. The topological polar surface area (TPSA) is 15.3 Å². The molecule has 2 nitrogen and oxygen atoms in total. The molecule has 0 spiro atoms. The van der Waals surface area contributed by atoms with Gasteiger partial charge in [-0.1, -0.05) is 31.5 Å². The fourth-order valence-corrected chi connectivity index (χ4v) is 2.45. The van der Waals surface area contributed by atoms with Crippen LogP contribution in [0.5, 0.6) is 0 Å². The maximum atomic E-state index is 6.37. The van der Waals surface area contributed by atoms with E-state index in [0.717, 1.165) is 24.2 Å². The van der Waals surface area contributed by atoms with Gasteiger partial charge in [0.2, 0.25) is 0 Å². The molecule has 1 aromatic carbocycles. The summed E-state index contributed by atoms with van der Waals surface area (Å²) in [4.78, 5) is 2.45. The van der Waals surface area contributed by atoms with Gasteiger partial charge in [0.1, 0.15) is 0 Å². The van der Waals surface area contributed by atoms with Gasteiger partial charge < -0.3 is 10.2 Å². The maximum Gasteiger partial charge on any atom is 0.0471 e. The molecule has 1 saturated carbocycles. The van der Waals surface area contributed by atoms with Gasteiger partial charge in [-0.3, -0.25) is 0 Å². The van der Waals surface area contributed by atoms with E-state index in [1.165, 1.54) is 24.1 Å². The van der Waals surface area contributed by atoms with Crippen molar-refractivity contribution >= 4 is 17.3 Å². The molecule has 1 N–H and O–H groups in total.